The normalized spacial score (nSPS) is 13.1. The molecule has 1 atom stereocenters. The maximum Gasteiger partial charge on any atom is 0.127 e. The van der Waals surface area contributed by atoms with Crippen molar-refractivity contribution >= 4 is 0 Å². The van der Waals surface area contributed by atoms with E-state index in [1.54, 1.807) is 6.92 Å². The lowest BCUT2D eigenvalue weighted by atomic mass is 9.85. The zero-order chi connectivity index (χ0) is 12.3. The molecule has 0 spiro atoms. The second-order valence-corrected chi connectivity index (χ2v) is 4.59. The van der Waals surface area contributed by atoms with Crippen molar-refractivity contribution in [2.24, 2.45) is 11.7 Å². The molecule has 0 saturated heterocycles. The fourth-order valence-corrected chi connectivity index (χ4v) is 1.99. The van der Waals surface area contributed by atoms with E-state index in [0.717, 1.165) is 6.42 Å². The van der Waals surface area contributed by atoms with Crippen LogP contribution in [0.25, 0.3) is 0 Å². The Hall–Kier alpha value is -1.09. The van der Waals surface area contributed by atoms with E-state index >= 15 is 0 Å². The monoisotopic (exact) mass is 225 g/mol. The van der Waals surface area contributed by atoms with Gasteiger partial charge in [0.25, 0.3) is 0 Å². The average molecular weight is 225 g/mol. The van der Waals surface area contributed by atoms with Crippen molar-refractivity contribution in [3.8, 4) is 5.75 Å². The van der Waals surface area contributed by atoms with Crippen LogP contribution in [0.4, 0.5) is 4.39 Å². The second-order valence-electron chi connectivity index (χ2n) is 4.59. The molecule has 90 valence electrons. The summed E-state index contributed by atoms with van der Waals surface area (Å²) in [4.78, 5) is 0. The van der Waals surface area contributed by atoms with Gasteiger partial charge in [0.15, 0.2) is 0 Å². The number of nitrogens with two attached hydrogens (primary N) is 1. The molecule has 0 bridgehead atoms. The Labute approximate surface area is 96.3 Å². The van der Waals surface area contributed by atoms with Crippen LogP contribution in [0.5, 0.6) is 5.75 Å². The van der Waals surface area contributed by atoms with Gasteiger partial charge in [0, 0.05) is 0 Å². The molecular formula is C13H20FNO. The Balaban J connectivity index is 3.13. The van der Waals surface area contributed by atoms with Crippen molar-refractivity contribution in [3.63, 3.8) is 0 Å². The van der Waals surface area contributed by atoms with Gasteiger partial charge in [-0.1, -0.05) is 13.8 Å². The van der Waals surface area contributed by atoms with Crippen LogP contribution >= 0.6 is 0 Å². The smallest absolute Gasteiger partial charge is 0.127 e. The highest BCUT2D eigenvalue weighted by molar-refractivity contribution is 5.38. The van der Waals surface area contributed by atoms with Crippen LogP contribution in [0.1, 0.15) is 37.3 Å². The van der Waals surface area contributed by atoms with Gasteiger partial charge < -0.3 is 10.8 Å². The van der Waals surface area contributed by atoms with Crippen LogP contribution < -0.4 is 5.73 Å². The maximum atomic E-state index is 13.8. The molecule has 1 unspecified atom stereocenters. The minimum absolute atomic E-state index is 0.0662. The number of aromatic hydroxyl groups is 1. The molecule has 16 heavy (non-hydrogen) atoms. The number of rotatable bonds is 4. The highest BCUT2D eigenvalue weighted by atomic mass is 19.1. The minimum atomic E-state index is -0.248. The largest absolute Gasteiger partial charge is 0.508 e. The van der Waals surface area contributed by atoms with Crippen LogP contribution in [0.3, 0.4) is 0 Å². The highest BCUT2D eigenvalue weighted by Crippen LogP contribution is 2.33. The number of halogens is 1. The maximum absolute atomic E-state index is 13.8. The molecular weight excluding hydrogens is 205 g/mol. The number of hydrogen-bond donors (Lipinski definition) is 2. The molecule has 0 aliphatic heterocycles. The van der Waals surface area contributed by atoms with Crippen LogP contribution in [0.2, 0.25) is 0 Å². The SMILES string of the molecule is Cc1cc(F)c(C(CCN)C(C)C)cc1O. The molecule has 0 aromatic heterocycles. The molecule has 0 aliphatic carbocycles. The summed E-state index contributed by atoms with van der Waals surface area (Å²) >= 11 is 0. The van der Waals surface area contributed by atoms with Crippen LogP contribution in [-0.4, -0.2) is 11.7 Å². The van der Waals surface area contributed by atoms with Gasteiger partial charge >= 0.3 is 0 Å². The predicted molar refractivity (Wildman–Crippen MR) is 64.1 cm³/mol. The summed E-state index contributed by atoms with van der Waals surface area (Å²) < 4.78 is 13.8. The minimum Gasteiger partial charge on any atom is -0.508 e. The van der Waals surface area contributed by atoms with E-state index in [0.29, 0.717) is 23.6 Å². The molecule has 0 amide bonds. The number of phenolic OH excluding ortho intramolecular Hbond substituents is 1. The molecule has 0 heterocycles. The Morgan fingerprint density at radius 1 is 1.38 bits per heavy atom. The highest BCUT2D eigenvalue weighted by Gasteiger charge is 2.20. The quantitative estimate of drug-likeness (QED) is 0.827. The summed E-state index contributed by atoms with van der Waals surface area (Å²) in [5.41, 5.74) is 6.68. The fourth-order valence-electron chi connectivity index (χ4n) is 1.99. The summed E-state index contributed by atoms with van der Waals surface area (Å²) in [6.45, 7) is 6.29. The summed E-state index contributed by atoms with van der Waals surface area (Å²) in [6, 6.07) is 2.92. The lowest BCUT2D eigenvalue weighted by Gasteiger charge is -2.21. The Bertz CT molecular complexity index is 363. The first kappa shape index (κ1) is 13.0. The molecule has 3 heteroatoms. The van der Waals surface area contributed by atoms with Gasteiger partial charge in [0.2, 0.25) is 0 Å². The van der Waals surface area contributed by atoms with Gasteiger partial charge in [0.05, 0.1) is 0 Å². The summed E-state index contributed by atoms with van der Waals surface area (Å²) in [5, 5.41) is 9.63. The molecule has 0 fully saturated rings. The summed E-state index contributed by atoms with van der Waals surface area (Å²) in [7, 11) is 0. The second kappa shape index (κ2) is 5.30. The standard InChI is InChI=1S/C13H20FNO/c1-8(2)10(4-5-15)11-7-13(16)9(3)6-12(11)14/h6-8,10,16H,4-5,15H2,1-3H3. The number of hydrogen-bond acceptors (Lipinski definition) is 2. The first-order valence-electron chi connectivity index (χ1n) is 5.66. The van der Waals surface area contributed by atoms with E-state index in [1.807, 2.05) is 13.8 Å². The Morgan fingerprint density at radius 3 is 2.50 bits per heavy atom. The van der Waals surface area contributed by atoms with E-state index in [-0.39, 0.29) is 17.5 Å². The first-order valence-corrected chi connectivity index (χ1v) is 5.66. The third kappa shape index (κ3) is 2.73. The van der Waals surface area contributed by atoms with Gasteiger partial charge in [-0.05, 0) is 55.0 Å². The molecule has 0 aliphatic rings. The van der Waals surface area contributed by atoms with Gasteiger partial charge in [-0.2, -0.15) is 0 Å². The van der Waals surface area contributed by atoms with E-state index < -0.39 is 0 Å². The summed E-state index contributed by atoms with van der Waals surface area (Å²) in [6.07, 6.45) is 0.733. The summed E-state index contributed by atoms with van der Waals surface area (Å²) in [5.74, 6) is 0.276. The Kier molecular flexibility index (Phi) is 4.30. The van der Waals surface area contributed by atoms with Crippen molar-refractivity contribution < 1.29 is 9.50 Å². The number of aryl methyl sites for hydroxylation is 1. The van der Waals surface area contributed by atoms with Gasteiger partial charge in [0.1, 0.15) is 11.6 Å². The van der Waals surface area contributed by atoms with E-state index in [1.165, 1.54) is 12.1 Å². The van der Waals surface area contributed by atoms with Crippen molar-refractivity contribution in [1.29, 1.82) is 0 Å². The first-order chi connectivity index (χ1) is 7.47. The van der Waals surface area contributed by atoms with E-state index in [2.05, 4.69) is 0 Å². The lowest BCUT2D eigenvalue weighted by Crippen LogP contribution is -2.14. The average Bonchev–Trinajstić information content (AvgIpc) is 2.20. The van der Waals surface area contributed by atoms with Gasteiger partial charge in [-0.25, -0.2) is 4.39 Å². The Morgan fingerprint density at radius 2 is 2.00 bits per heavy atom. The van der Waals surface area contributed by atoms with Gasteiger partial charge in [-0.3, -0.25) is 0 Å². The molecule has 1 aromatic rings. The predicted octanol–water partition coefficient (Wildman–Crippen LogP) is 2.93. The third-order valence-electron chi connectivity index (χ3n) is 3.00. The van der Waals surface area contributed by atoms with Crippen molar-refractivity contribution in [1.82, 2.24) is 0 Å². The van der Waals surface area contributed by atoms with Crippen LogP contribution in [0, 0.1) is 18.7 Å². The van der Waals surface area contributed by atoms with E-state index in [4.69, 9.17) is 5.73 Å². The number of benzene rings is 1. The van der Waals surface area contributed by atoms with Crippen LogP contribution in [0.15, 0.2) is 12.1 Å². The third-order valence-corrected chi connectivity index (χ3v) is 3.00. The zero-order valence-corrected chi connectivity index (χ0v) is 10.1. The molecule has 0 radical (unpaired) electrons. The zero-order valence-electron chi connectivity index (χ0n) is 10.1. The number of phenols is 1. The molecule has 0 saturated carbocycles. The van der Waals surface area contributed by atoms with Gasteiger partial charge in [-0.15, -0.1) is 0 Å². The van der Waals surface area contributed by atoms with E-state index in [9.17, 15) is 9.50 Å². The van der Waals surface area contributed by atoms with Crippen molar-refractivity contribution in [2.75, 3.05) is 6.54 Å². The molecule has 1 rings (SSSR count). The lowest BCUT2D eigenvalue weighted by molar-refractivity contribution is 0.437. The molecule has 2 nitrogen and oxygen atoms in total. The van der Waals surface area contributed by atoms with Crippen molar-refractivity contribution in [2.45, 2.75) is 33.1 Å². The van der Waals surface area contributed by atoms with Crippen molar-refractivity contribution in [3.05, 3.63) is 29.1 Å². The topological polar surface area (TPSA) is 46.2 Å². The van der Waals surface area contributed by atoms with Crippen LogP contribution in [-0.2, 0) is 0 Å². The molecule has 3 N–H and O–H groups in total. The molecule has 1 aromatic carbocycles. The fraction of sp³-hybridized carbons (Fsp3) is 0.538.